The topological polar surface area (TPSA) is 118 Å². The summed E-state index contributed by atoms with van der Waals surface area (Å²) < 4.78 is 1.70. The van der Waals surface area contributed by atoms with E-state index in [4.69, 9.17) is 4.84 Å². The van der Waals surface area contributed by atoms with Gasteiger partial charge in [0.1, 0.15) is 5.56 Å². The number of hydrogen-bond donors (Lipinski definition) is 2. The zero-order valence-corrected chi connectivity index (χ0v) is 20.7. The normalized spacial score (nSPS) is 12.5. The Kier molecular flexibility index (Phi) is 6.41. The van der Waals surface area contributed by atoms with Gasteiger partial charge in [-0.25, -0.2) is 10.5 Å². The van der Waals surface area contributed by atoms with Gasteiger partial charge in [-0.1, -0.05) is 19.1 Å². The van der Waals surface area contributed by atoms with E-state index in [0.29, 0.717) is 18.1 Å². The summed E-state index contributed by atoms with van der Waals surface area (Å²) >= 11 is 0. The number of aromatic nitrogens is 3. The van der Waals surface area contributed by atoms with Crippen LogP contribution in [-0.2, 0) is 22.5 Å². The van der Waals surface area contributed by atoms with Crippen LogP contribution in [0.15, 0.2) is 59.7 Å². The molecule has 10 heteroatoms. The van der Waals surface area contributed by atoms with Crippen LogP contribution in [0.4, 0.5) is 17.3 Å². The minimum Gasteiger partial charge on any atom is -0.324 e. The monoisotopic (exact) mass is 498 g/mol. The highest BCUT2D eigenvalue weighted by Crippen LogP contribution is 2.31. The number of hydrogen-bond acceptors (Lipinski definition) is 7. The maximum Gasteiger partial charge on any atom is 0.280 e. The summed E-state index contributed by atoms with van der Waals surface area (Å²) in [5.74, 6) is -0.351. The molecule has 1 aliphatic heterocycles. The molecule has 2 aromatic carbocycles. The maximum absolute atomic E-state index is 13.1. The molecule has 5 rings (SSSR count). The summed E-state index contributed by atoms with van der Waals surface area (Å²) in [5, 5.41) is 3.40. The summed E-state index contributed by atoms with van der Waals surface area (Å²) in [6.07, 6.45) is 4.53. The van der Waals surface area contributed by atoms with Crippen LogP contribution in [0, 0.1) is 0 Å². The summed E-state index contributed by atoms with van der Waals surface area (Å²) in [6.45, 7) is 4.28. The molecule has 0 fully saturated rings. The molecule has 3 heterocycles. The fourth-order valence-electron chi connectivity index (χ4n) is 4.51. The van der Waals surface area contributed by atoms with Gasteiger partial charge in [0.15, 0.2) is 5.65 Å². The van der Waals surface area contributed by atoms with Crippen molar-refractivity contribution >= 4 is 40.2 Å². The van der Waals surface area contributed by atoms with Crippen molar-refractivity contribution in [1.82, 2.24) is 20.0 Å². The third-order valence-electron chi connectivity index (χ3n) is 6.42. The lowest BCUT2D eigenvalue weighted by atomic mass is 10.1. The van der Waals surface area contributed by atoms with Gasteiger partial charge in [0, 0.05) is 42.9 Å². The van der Waals surface area contributed by atoms with Crippen molar-refractivity contribution in [1.29, 1.82) is 0 Å². The molecular weight excluding hydrogens is 472 g/mol. The molecule has 188 valence electrons. The van der Waals surface area contributed by atoms with Crippen molar-refractivity contribution in [3.63, 3.8) is 0 Å². The molecular formula is C27H26N6O4. The predicted octanol–water partition coefficient (Wildman–Crippen LogP) is 3.29. The van der Waals surface area contributed by atoms with Crippen molar-refractivity contribution in [3.8, 4) is 5.69 Å². The molecule has 0 unspecified atom stereocenters. The molecule has 0 saturated heterocycles. The van der Waals surface area contributed by atoms with E-state index in [1.807, 2.05) is 42.5 Å². The number of carbonyl (C=O) groups excluding carboxylic acids is 2. The Labute approximate surface area is 212 Å². The summed E-state index contributed by atoms with van der Waals surface area (Å²) in [6, 6.07) is 13.5. The molecule has 0 bridgehead atoms. The van der Waals surface area contributed by atoms with Crippen LogP contribution in [0.2, 0.25) is 0 Å². The summed E-state index contributed by atoms with van der Waals surface area (Å²) in [5.41, 5.74) is 6.59. The van der Waals surface area contributed by atoms with E-state index in [2.05, 4.69) is 27.7 Å². The number of carbonyl (C=O) groups is 2. The average Bonchev–Trinajstić information content (AvgIpc) is 3.33. The van der Waals surface area contributed by atoms with Crippen LogP contribution in [0.3, 0.4) is 0 Å². The fraction of sp³-hybridized carbons (Fsp3) is 0.222. The second kappa shape index (κ2) is 9.82. The van der Waals surface area contributed by atoms with E-state index in [1.165, 1.54) is 19.5 Å². The first-order valence-corrected chi connectivity index (χ1v) is 11.9. The second-order valence-electron chi connectivity index (χ2n) is 8.72. The zero-order valence-electron chi connectivity index (χ0n) is 20.7. The van der Waals surface area contributed by atoms with Gasteiger partial charge in [-0.2, -0.15) is 4.98 Å². The lowest BCUT2D eigenvalue weighted by Gasteiger charge is -2.15. The van der Waals surface area contributed by atoms with Gasteiger partial charge in [-0.15, -0.1) is 0 Å². The smallest absolute Gasteiger partial charge is 0.280 e. The van der Waals surface area contributed by atoms with Crippen LogP contribution in [0.1, 0.15) is 35.3 Å². The molecule has 2 aromatic heterocycles. The fourth-order valence-corrected chi connectivity index (χ4v) is 4.51. The van der Waals surface area contributed by atoms with Crippen LogP contribution in [0.25, 0.3) is 16.7 Å². The number of nitrogens with one attached hydrogen (secondary N) is 2. The van der Waals surface area contributed by atoms with Crippen molar-refractivity contribution < 1.29 is 14.4 Å². The number of nitrogens with zero attached hydrogens (tertiary/aromatic N) is 4. The molecule has 0 spiro atoms. The van der Waals surface area contributed by atoms with E-state index < -0.39 is 11.3 Å². The molecule has 4 aromatic rings. The largest absolute Gasteiger partial charge is 0.324 e. The number of pyridine rings is 1. The second-order valence-corrected chi connectivity index (χ2v) is 8.72. The Hall–Kier alpha value is -4.57. The Morgan fingerprint density at radius 3 is 2.62 bits per heavy atom. The number of amides is 2. The highest BCUT2D eigenvalue weighted by Gasteiger charge is 2.22. The van der Waals surface area contributed by atoms with Gasteiger partial charge in [0.25, 0.3) is 5.91 Å². The molecule has 2 N–H and O–H groups in total. The molecule has 0 saturated carbocycles. The summed E-state index contributed by atoms with van der Waals surface area (Å²) in [4.78, 5) is 53.0. The van der Waals surface area contributed by atoms with E-state index in [9.17, 15) is 14.4 Å². The average molecular weight is 499 g/mol. The minimum atomic E-state index is -0.659. The Bertz CT molecular complexity index is 1580. The maximum atomic E-state index is 13.1. The third kappa shape index (κ3) is 4.54. The van der Waals surface area contributed by atoms with Gasteiger partial charge >= 0.3 is 0 Å². The van der Waals surface area contributed by atoms with Crippen LogP contribution in [0.5, 0.6) is 0 Å². The Morgan fingerprint density at radius 1 is 1.14 bits per heavy atom. The van der Waals surface area contributed by atoms with Crippen molar-refractivity contribution in [3.05, 3.63) is 81.8 Å². The number of hydroxylamine groups is 1. The number of fused-ring (bicyclic) bond motifs is 2. The zero-order chi connectivity index (χ0) is 26.1. The van der Waals surface area contributed by atoms with E-state index >= 15 is 0 Å². The molecule has 10 nitrogen and oxygen atoms in total. The van der Waals surface area contributed by atoms with Gasteiger partial charge in [-0.3, -0.25) is 19.2 Å². The molecule has 2 amide bonds. The van der Waals surface area contributed by atoms with Gasteiger partial charge in [0.05, 0.1) is 12.5 Å². The Morgan fingerprint density at radius 2 is 1.92 bits per heavy atom. The third-order valence-corrected chi connectivity index (χ3v) is 6.42. The van der Waals surface area contributed by atoms with Gasteiger partial charge < -0.3 is 14.8 Å². The molecule has 0 radical (unpaired) electrons. The standard InChI is InChI=1S/C27H26N6O4/c1-4-17-5-8-20(9-6-17)33-15-22(26(36)31-37-3)24(35)21-14-28-27(30-25(21)33)29-19-7-10-23-18(13-19)11-12-32(23)16(2)34/h5-10,13-15H,4,11-12H2,1-3H3,(H,31,36)(H,28,29,30). The van der Waals surface area contributed by atoms with E-state index in [0.717, 1.165) is 41.0 Å². The number of anilines is 3. The van der Waals surface area contributed by atoms with Crippen LogP contribution < -0.4 is 21.1 Å². The lowest BCUT2D eigenvalue weighted by molar-refractivity contribution is -0.116. The van der Waals surface area contributed by atoms with E-state index in [-0.39, 0.29) is 16.9 Å². The lowest BCUT2D eigenvalue weighted by Crippen LogP contribution is -2.29. The van der Waals surface area contributed by atoms with E-state index in [1.54, 1.807) is 16.4 Å². The number of aryl methyl sites for hydroxylation is 1. The first-order valence-electron chi connectivity index (χ1n) is 11.9. The molecule has 0 aliphatic carbocycles. The van der Waals surface area contributed by atoms with Gasteiger partial charge in [0.2, 0.25) is 17.3 Å². The highest BCUT2D eigenvalue weighted by molar-refractivity contribution is 5.97. The minimum absolute atomic E-state index is 0.0146. The molecule has 37 heavy (non-hydrogen) atoms. The first kappa shape index (κ1) is 24.1. The first-order chi connectivity index (χ1) is 17.9. The SMILES string of the molecule is CCc1ccc(-n2cc(C(=O)NOC)c(=O)c3cnc(Nc4ccc5c(c4)CCN5C(C)=O)nc32)cc1. The van der Waals surface area contributed by atoms with Crippen molar-refractivity contribution in [2.75, 3.05) is 23.9 Å². The van der Waals surface area contributed by atoms with Crippen molar-refractivity contribution in [2.45, 2.75) is 26.7 Å². The highest BCUT2D eigenvalue weighted by atomic mass is 16.6. The summed E-state index contributed by atoms with van der Waals surface area (Å²) in [7, 11) is 1.30. The number of rotatable bonds is 6. The van der Waals surface area contributed by atoms with Crippen LogP contribution >= 0.6 is 0 Å². The Balaban J connectivity index is 1.59. The number of benzene rings is 2. The molecule has 0 atom stereocenters. The molecule has 1 aliphatic rings. The van der Waals surface area contributed by atoms with Gasteiger partial charge in [-0.05, 0) is 54.3 Å². The van der Waals surface area contributed by atoms with Crippen LogP contribution in [-0.4, -0.2) is 40.0 Å². The quantitative estimate of drug-likeness (QED) is 0.392. The van der Waals surface area contributed by atoms with Crippen molar-refractivity contribution in [2.24, 2.45) is 0 Å². The predicted molar refractivity (Wildman–Crippen MR) is 140 cm³/mol.